The number of hydrogen-bond acceptors (Lipinski definition) is 4. The summed E-state index contributed by atoms with van der Waals surface area (Å²) >= 11 is 0. The second kappa shape index (κ2) is 8.49. The van der Waals surface area contributed by atoms with Crippen LogP contribution in [0.2, 0.25) is 0 Å². The monoisotopic (exact) mass is 331 g/mol. The molecule has 0 aliphatic carbocycles. The molecule has 2 aliphatic rings. The highest BCUT2D eigenvalue weighted by molar-refractivity contribution is 5.76. The Bertz CT molecular complexity index is 535. The smallest absolute Gasteiger partial charge is 0.223 e. The summed E-state index contributed by atoms with van der Waals surface area (Å²) in [7, 11) is 0. The van der Waals surface area contributed by atoms with E-state index in [1.165, 1.54) is 11.3 Å². The third-order valence-corrected chi connectivity index (χ3v) is 4.91. The molecule has 24 heavy (non-hydrogen) atoms. The lowest BCUT2D eigenvalue weighted by molar-refractivity contribution is -0.131. The zero-order valence-electron chi connectivity index (χ0n) is 14.7. The van der Waals surface area contributed by atoms with Crippen molar-refractivity contribution < 1.29 is 9.53 Å². The first-order valence-corrected chi connectivity index (χ1v) is 9.14. The zero-order chi connectivity index (χ0) is 16.8. The molecule has 0 radical (unpaired) electrons. The van der Waals surface area contributed by atoms with Crippen LogP contribution < -0.4 is 10.2 Å². The third-order valence-electron chi connectivity index (χ3n) is 4.91. The van der Waals surface area contributed by atoms with E-state index in [9.17, 15) is 4.79 Å². The highest BCUT2D eigenvalue weighted by atomic mass is 16.5. The van der Waals surface area contributed by atoms with Gasteiger partial charge in [-0.15, -0.1) is 0 Å². The molecule has 2 aliphatic heterocycles. The summed E-state index contributed by atoms with van der Waals surface area (Å²) in [5, 5.41) is 3.36. The molecule has 0 aromatic heterocycles. The molecular weight excluding hydrogens is 302 g/mol. The summed E-state index contributed by atoms with van der Waals surface area (Å²) in [5.74, 6) is 0.263. The van der Waals surface area contributed by atoms with E-state index in [2.05, 4.69) is 41.4 Å². The minimum atomic E-state index is 0.263. The minimum absolute atomic E-state index is 0.263. The number of aryl methyl sites for hydroxylation is 1. The quantitative estimate of drug-likeness (QED) is 0.808. The van der Waals surface area contributed by atoms with Crippen molar-refractivity contribution in [3.05, 3.63) is 29.8 Å². The van der Waals surface area contributed by atoms with Gasteiger partial charge in [0.15, 0.2) is 0 Å². The van der Waals surface area contributed by atoms with Gasteiger partial charge in [-0.05, 0) is 37.5 Å². The van der Waals surface area contributed by atoms with E-state index in [-0.39, 0.29) is 5.91 Å². The molecule has 0 saturated carbocycles. The fourth-order valence-electron chi connectivity index (χ4n) is 3.46. The maximum atomic E-state index is 12.3. The maximum Gasteiger partial charge on any atom is 0.223 e. The van der Waals surface area contributed by atoms with Gasteiger partial charge in [0.25, 0.3) is 0 Å². The number of carbonyl (C=O) groups excluding carboxylic acids is 1. The van der Waals surface area contributed by atoms with Crippen LogP contribution in [0.5, 0.6) is 0 Å². The van der Waals surface area contributed by atoms with Crippen LogP contribution in [0.25, 0.3) is 0 Å². The Hall–Kier alpha value is -1.59. The maximum absolute atomic E-state index is 12.3. The van der Waals surface area contributed by atoms with Crippen molar-refractivity contribution >= 4 is 11.6 Å². The molecule has 3 rings (SSSR count). The van der Waals surface area contributed by atoms with Gasteiger partial charge < -0.3 is 19.9 Å². The van der Waals surface area contributed by atoms with Crippen LogP contribution in [-0.4, -0.2) is 62.8 Å². The molecule has 1 aromatic carbocycles. The summed E-state index contributed by atoms with van der Waals surface area (Å²) in [4.78, 5) is 16.7. The Morgan fingerprint density at radius 1 is 1.29 bits per heavy atom. The molecule has 1 amide bonds. The van der Waals surface area contributed by atoms with E-state index >= 15 is 0 Å². The number of amides is 1. The molecule has 132 valence electrons. The Kier molecular flexibility index (Phi) is 6.10. The molecule has 2 fully saturated rings. The lowest BCUT2D eigenvalue weighted by atomic mass is 10.2. The van der Waals surface area contributed by atoms with Crippen LogP contribution in [0, 0.1) is 6.92 Å². The normalized spacial score (nSPS) is 21.3. The van der Waals surface area contributed by atoms with E-state index in [4.69, 9.17) is 4.74 Å². The van der Waals surface area contributed by atoms with Crippen molar-refractivity contribution in [1.29, 1.82) is 0 Å². The van der Waals surface area contributed by atoms with Crippen LogP contribution in [0.3, 0.4) is 0 Å². The molecule has 1 unspecified atom stereocenters. The number of hydrogen-bond donors (Lipinski definition) is 1. The Balaban J connectivity index is 1.35. The first-order valence-electron chi connectivity index (χ1n) is 9.14. The van der Waals surface area contributed by atoms with Crippen molar-refractivity contribution in [1.82, 2.24) is 10.2 Å². The molecule has 1 aromatic rings. The number of nitrogens with one attached hydrogen (secondary N) is 1. The van der Waals surface area contributed by atoms with E-state index in [0.717, 1.165) is 58.7 Å². The Morgan fingerprint density at radius 2 is 2.12 bits per heavy atom. The van der Waals surface area contributed by atoms with Gasteiger partial charge in [-0.1, -0.05) is 12.1 Å². The number of ether oxygens (including phenoxy) is 1. The third kappa shape index (κ3) is 4.71. The lowest BCUT2D eigenvalue weighted by Gasteiger charge is -2.36. The molecule has 2 heterocycles. The predicted octanol–water partition coefficient (Wildman–Crippen LogP) is 1.80. The van der Waals surface area contributed by atoms with Gasteiger partial charge in [0.2, 0.25) is 5.91 Å². The number of rotatable bonds is 6. The van der Waals surface area contributed by atoms with Crippen LogP contribution >= 0.6 is 0 Å². The van der Waals surface area contributed by atoms with Crippen LogP contribution in [0.4, 0.5) is 5.69 Å². The summed E-state index contributed by atoms with van der Waals surface area (Å²) in [5.41, 5.74) is 2.55. The highest BCUT2D eigenvalue weighted by Gasteiger charge is 2.21. The molecule has 2 saturated heterocycles. The lowest BCUT2D eigenvalue weighted by Crippen LogP contribution is -2.49. The number of anilines is 1. The fourth-order valence-corrected chi connectivity index (χ4v) is 3.46. The summed E-state index contributed by atoms with van der Waals surface area (Å²) in [6.07, 6.45) is 3.23. The molecule has 5 heteroatoms. The van der Waals surface area contributed by atoms with E-state index < -0.39 is 0 Å². The van der Waals surface area contributed by atoms with Gasteiger partial charge in [-0.3, -0.25) is 4.79 Å². The zero-order valence-corrected chi connectivity index (χ0v) is 14.7. The van der Waals surface area contributed by atoms with Gasteiger partial charge >= 0.3 is 0 Å². The van der Waals surface area contributed by atoms with Crippen molar-refractivity contribution in [2.75, 3.05) is 50.8 Å². The average Bonchev–Trinajstić information content (AvgIpc) is 3.12. The van der Waals surface area contributed by atoms with Crippen LogP contribution in [-0.2, 0) is 9.53 Å². The van der Waals surface area contributed by atoms with Crippen molar-refractivity contribution in [3.8, 4) is 0 Å². The summed E-state index contributed by atoms with van der Waals surface area (Å²) in [6.45, 7) is 8.09. The SMILES string of the molecule is Cc1cccc(N2CCN(C(=O)CCNCC3CCCO3)CC2)c1. The molecule has 0 bridgehead atoms. The van der Waals surface area contributed by atoms with Gasteiger partial charge in [0, 0.05) is 58.0 Å². The summed E-state index contributed by atoms with van der Waals surface area (Å²) in [6, 6.07) is 8.58. The molecule has 1 N–H and O–H groups in total. The van der Waals surface area contributed by atoms with Gasteiger partial charge in [-0.25, -0.2) is 0 Å². The largest absolute Gasteiger partial charge is 0.377 e. The first-order chi connectivity index (χ1) is 11.7. The van der Waals surface area contributed by atoms with Crippen molar-refractivity contribution in [2.24, 2.45) is 0 Å². The Morgan fingerprint density at radius 3 is 2.83 bits per heavy atom. The van der Waals surface area contributed by atoms with Crippen molar-refractivity contribution in [2.45, 2.75) is 32.3 Å². The van der Waals surface area contributed by atoms with Crippen LogP contribution in [0.15, 0.2) is 24.3 Å². The second-order valence-electron chi connectivity index (χ2n) is 6.80. The molecule has 0 spiro atoms. The molecule has 5 nitrogen and oxygen atoms in total. The summed E-state index contributed by atoms with van der Waals surface area (Å²) < 4.78 is 5.58. The fraction of sp³-hybridized carbons (Fsp3) is 0.632. The molecular formula is C19H29N3O2. The second-order valence-corrected chi connectivity index (χ2v) is 6.80. The van der Waals surface area contributed by atoms with Crippen molar-refractivity contribution in [3.63, 3.8) is 0 Å². The average molecular weight is 331 g/mol. The van der Waals surface area contributed by atoms with E-state index in [0.29, 0.717) is 12.5 Å². The highest BCUT2D eigenvalue weighted by Crippen LogP contribution is 2.18. The van der Waals surface area contributed by atoms with Crippen LogP contribution in [0.1, 0.15) is 24.8 Å². The van der Waals surface area contributed by atoms with Gasteiger partial charge in [0.05, 0.1) is 6.10 Å². The minimum Gasteiger partial charge on any atom is -0.377 e. The number of piperazine rings is 1. The van der Waals surface area contributed by atoms with Gasteiger partial charge in [0.1, 0.15) is 0 Å². The van der Waals surface area contributed by atoms with E-state index in [1.54, 1.807) is 0 Å². The topological polar surface area (TPSA) is 44.8 Å². The molecule has 1 atom stereocenters. The number of benzene rings is 1. The van der Waals surface area contributed by atoms with Gasteiger partial charge in [-0.2, -0.15) is 0 Å². The number of nitrogens with zero attached hydrogens (tertiary/aromatic N) is 2. The number of carbonyl (C=O) groups is 1. The Labute approximate surface area is 145 Å². The first kappa shape index (κ1) is 17.2. The predicted molar refractivity (Wildman–Crippen MR) is 96.4 cm³/mol. The van der Waals surface area contributed by atoms with E-state index in [1.807, 2.05) is 4.90 Å². The standard InChI is InChI=1S/C19H29N3O2/c1-16-4-2-5-17(14-16)21-9-11-22(12-10-21)19(23)7-8-20-15-18-6-3-13-24-18/h2,4-5,14,18,20H,3,6-13,15H2,1H3.